The lowest BCUT2D eigenvalue weighted by Gasteiger charge is -2.03. The molecule has 0 atom stereocenters. The third kappa shape index (κ3) is 12.2. The number of hydrogen-bond donors (Lipinski definition) is 2. The van der Waals surface area contributed by atoms with Crippen LogP contribution in [0.3, 0.4) is 0 Å². The van der Waals surface area contributed by atoms with Crippen LogP contribution >= 0.6 is 31.9 Å². The maximum Gasteiger partial charge on any atom is 0.163 e. The summed E-state index contributed by atoms with van der Waals surface area (Å²) in [6.45, 7) is 4.52. The van der Waals surface area contributed by atoms with Crippen LogP contribution in [0.1, 0.15) is 31.9 Å². The van der Waals surface area contributed by atoms with Gasteiger partial charge in [0.05, 0.1) is 8.95 Å². The minimum absolute atomic E-state index is 0.148. The van der Waals surface area contributed by atoms with Crippen LogP contribution in [0.2, 0.25) is 0 Å². The normalized spacial score (nSPS) is 9.68. The van der Waals surface area contributed by atoms with Gasteiger partial charge in [0, 0.05) is 30.6 Å². The van der Waals surface area contributed by atoms with Crippen molar-refractivity contribution in [3.63, 3.8) is 0 Å². The van der Waals surface area contributed by atoms with E-state index in [0.717, 1.165) is 24.3 Å². The van der Waals surface area contributed by atoms with E-state index in [-0.39, 0.29) is 51.1 Å². The summed E-state index contributed by atoms with van der Waals surface area (Å²) in [6.07, 6.45) is -0.393. The number of aliphatic hydroxyl groups excluding tert-OH is 1. The molecule has 0 bridgehead atoms. The fourth-order valence-electron chi connectivity index (χ4n) is 2.47. The lowest BCUT2D eigenvalue weighted by Crippen LogP contribution is -2.03. The highest BCUT2D eigenvalue weighted by Gasteiger charge is 2.13. The lowest BCUT2D eigenvalue weighted by molar-refractivity contribution is -0.117. The maximum absolute atomic E-state index is 13.2. The molecule has 0 radical (unpaired) electrons. The zero-order valence-electron chi connectivity index (χ0n) is 20.5. The highest BCUT2D eigenvalue weighted by molar-refractivity contribution is 9.10. The Labute approximate surface area is 233 Å². The van der Waals surface area contributed by atoms with Gasteiger partial charge in [-0.1, -0.05) is 6.07 Å². The molecule has 0 unspecified atom stereocenters. The van der Waals surface area contributed by atoms with Crippen LogP contribution in [-0.2, 0) is 22.4 Å². The number of anilines is 1. The zero-order valence-corrected chi connectivity index (χ0v) is 23.7. The molecule has 12 heteroatoms. The summed E-state index contributed by atoms with van der Waals surface area (Å²) in [5.74, 6) is -4.71. The number of benzene rings is 3. The largest absolute Gasteiger partial charge is 0.397 e. The van der Waals surface area contributed by atoms with Gasteiger partial charge in [0.15, 0.2) is 5.82 Å². The number of nitrogens with two attached hydrogens (primary N) is 1. The van der Waals surface area contributed by atoms with E-state index in [2.05, 4.69) is 31.9 Å². The molecule has 0 spiro atoms. The number of rotatable bonds is 4. The van der Waals surface area contributed by atoms with Gasteiger partial charge < -0.3 is 10.8 Å². The Hall–Kier alpha value is -2.70. The van der Waals surface area contributed by atoms with Crippen LogP contribution < -0.4 is 5.73 Å². The minimum atomic E-state index is -0.750. The van der Waals surface area contributed by atoms with E-state index < -0.39 is 40.6 Å². The van der Waals surface area contributed by atoms with Crippen molar-refractivity contribution in [2.75, 3.05) is 12.3 Å². The second-order valence-electron chi connectivity index (χ2n) is 7.35. The van der Waals surface area contributed by atoms with Crippen molar-refractivity contribution in [3.8, 4) is 0 Å². The molecule has 38 heavy (non-hydrogen) atoms. The fraction of sp³-hybridized carbons (Fsp3) is 0.231. The van der Waals surface area contributed by atoms with Crippen LogP contribution in [0.5, 0.6) is 0 Å². The van der Waals surface area contributed by atoms with E-state index in [1.807, 2.05) is 0 Å². The topological polar surface area (TPSA) is 80.4 Å². The minimum Gasteiger partial charge on any atom is -0.397 e. The zero-order chi connectivity index (χ0) is 29.6. The van der Waals surface area contributed by atoms with Crippen molar-refractivity contribution < 1.29 is 41.0 Å². The average molecular weight is 673 g/mol. The van der Waals surface area contributed by atoms with E-state index in [9.17, 15) is 35.9 Å². The first kappa shape index (κ1) is 35.3. The molecule has 0 saturated heterocycles. The molecule has 0 aliphatic rings. The molecule has 3 N–H and O–H groups in total. The second kappa shape index (κ2) is 17.7. The number of aliphatic hydroxyl groups is 1. The van der Waals surface area contributed by atoms with Crippen molar-refractivity contribution in [2.24, 2.45) is 0 Å². The van der Waals surface area contributed by atoms with Gasteiger partial charge in [-0.3, -0.25) is 9.59 Å². The van der Waals surface area contributed by atoms with Gasteiger partial charge in [0.2, 0.25) is 0 Å². The summed E-state index contributed by atoms with van der Waals surface area (Å²) >= 11 is 5.78. The number of ketones is 2. The predicted octanol–water partition coefficient (Wildman–Crippen LogP) is 7.26. The van der Waals surface area contributed by atoms with Gasteiger partial charge in [-0.25, -0.2) is 26.3 Å². The number of carbonyl (C=O) groups is 2. The van der Waals surface area contributed by atoms with Crippen LogP contribution in [0.25, 0.3) is 0 Å². The molecule has 0 fully saturated rings. The average Bonchev–Trinajstić information content (AvgIpc) is 2.84. The molecule has 0 heterocycles. The molecule has 3 aromatic rings. The maximum atomic E-state index is 13.2. The van der Waals surface area contributed by atoms with Crippen LogP contribution in [-0.4, -0.2) is 23.3 Å². The number of carbonyl (C=O) groups excluding carboxylic acids is 2. The Kier molecular flexibility index (Phi) is 16.5. The standard InChI is InChI=1S/C9H7BrF2O.C9H8F2O.C6H4BrF2N.C2H6O/c1-5(13)4-6-8(11)3-2-7(10)9(6)12;1-6(12)5-7-8(10)3-2-4-9(7)11;7-3-1-2-4(8)6(10)5(3)9;1-2-3/h2-3H,4H2,1H3;2-4H,5H2,1H3;1-2H,10H2;3H,2H2,1H3. The van der Waals surface area contributed by atoms with Crippen LogP contribution in [0.15, 0.2) is 51.4 Å². The van der Waals surface area contributed by atoms with Crippen molar-refractivity contribution in [1.29, 1.82) is 0 Å². The molecule has 3 aromatic carbocycles. The summed E-state index contributed by atoms with van der Waals surface area (Å²) in [7, 11) is 0. The van der Waals surface area contributed by atoms with Crippen LogP contribution in [0.4, 0.5) is 32.0 Å². The second-order valence-corrected chi connectivity index (χ2v) is 9.06. The number of halogens is 8. The van der Waals surface area contributed by atoms with E-state index in [4.69, 9.17) is 10.8 Å². The Balaban J connectivity index is 0.000000516. The molecule has 4 nitrogen and oxygen atoms in total. The number of hydrogen-bond acceptors (Lipinski definition) is 4. The smallest absolute Gasteiger partial charge is 0.163 e. The highest BCUT2D eigenvalue weighted by Crippen LogP contribution is 2.23. The molecular formula is C26H25Br2F6NO3. The van der Waals surface area contributed by atoms with E-state index in [0.29, 0.717) is 0 Å². The highest BCUT2D eigenvalue weighted by atomic mass is 79.9. The number of Topliss-reactive ketones (excluding diaryl/α,β-unsaturated/α-hetero) is 2. The molecule has 3 rings (SSSR count). The third-order valence-electron chi connectivity index (χ3n) is 4.13. The van der Waals surface area contributed by atoms with Gasteiger partial charge in [-0.2, -0.15) is 0 Å². The van der Waals surface area contributed by atoms with Gasteiger partial charge in [-0.15, -0.1) is 0 Å². The molecule has 0 aliphatic heterocycles. The summed E-state index contributed by atoms with van der Waals surface area (Å²) in [6, 6.07) is 8.32. The fourth-order valence-corrected chi connectivity index (χ4v) is 3.19. The molecule has 0 aliphatic carbocycles. The Morgan fingerprint density at radius 1 is 0.711 bits per heavy atom. The van der Waals surface area contributed by atoms with Crippen molar-refractivity contribution in [3.05, 3.63) is 97.4 Å². The van der Waals surface area contributed by atoms with E-state index in [1.165, 1.54) is 32.0 Å². The summed E-state index contributed by atoms with van der Waals surface area (Å²) < 4.78 is 77.1. The Morgan fingerprint density at radius 3 is 1.50 bits per heavy atom. The number of nitrogen functional groups attached to an aromatic ring is 1. The Bertz CT molecular complexity index is 1190. The van der Waals surface area contributed by atoms with Crippen molar-refractivity contribution >= 4 is 49.1 Å². The SMILES string of the molecule is CC(=O)Cc1c(F)ccc(Br)c1F.CC(=O)Cc1c(F)cccc1F.CCO.Nc1c(F)ccc(Br)c1F. The molecule has 0 aromatic heterocycles. The van der Waals surface area contributed by atoms with Gasteiger partial charge in [-0.05, 0) is 89.0 Å². The van der Waals surface area contributed by atoms with Gasteiger partial charge in [0.1, 0.15) is 46.3 Å². The quantitative estimate of drug-likeness (QED) is 0.174. The van der Waals surface area contributed by atoms with Crippen molar-refractivity contribution in [2.45, 2.75) is 33.6 Å². The summed E-state index contributed by atoms with van der Waals surface area (Å²) in [4.78, 5) is 21.3. The predicted molar refractivity (Wildman–Crippen MR) is 140 cm³/mol. The summed E-state index contributed by atoms with van der Waals surface area (Å²) in [5, 5.41) is 7.57. The molecular weight excluding hydrogens is 648 g/mol. The lowest BCUT2D eigenvalue weighted by atomic mass is 10.1. The van der Waals surface area contributed by atoms with Crippen LogP contribution in [0, 0.1) is 34.9 Å². The third-order valence-corrected chi connectivity index (χ3v) is 5.36. The molecule has 208 valence electrons. The van der Waals surface area contributed by atoms with Crippen molar-refractivity contribution in [1.82, 2.24) is 0 Å². The first-order chi connectivity index (χ1) is 17.7. The van der Waals surface area contributed by atoms with Gasteiger partial charge in [0.25, 0.3) is 0 Å². The van der Waals surface area contributed by atoms with Gasteiger partial charge >= 0.3 is 0 Å². The summed E-state index contributed by atoms with van der Waals surface area (Å²) in [5.41, 5.74) is 4.23. The first-order valence-corrected chi connectivity index (χ1v) is 12.3. The monoisotopic (exact) mass is 671 g/mol. The van der Waals surface area contributed by atoms with E-state index >= 15 is 0 Å². The molecule has 0 saturated carbocycles. The molecule has 0 amide bonds. The first-order valence-electron chi connectivity index (χ1n) is 10.7. The Morgan fingerprint density at radius 2 is 1.08 bits per heavy atom. The van der Waals surface area contributed by atoms with E-state index in [1.54, 1.807) is 6.92 Å².